The first kappa shape index (κ1) is 21.7. The third-order valence-corrected chi connectivity index (χ3v) is 4.74. The zero-order chi connectivity index (χ0) is 20.9. The highest BCUT2D eigenvalue weighted by molar-refractivity contribution is 5.88. The molecule has 1 N–H and O–H groups in total. The zero-order valence-corrected chi connectivity index (χ0v) is 17.9. The molecule has 0 aromatic heterocycles. The molecule has 0 radical (unpaired) electrons. The molecule has 2 amide bonds. The van der Waals surface area contributed by atoms with E-state index in [0.717, 1.165) is 22.3 Å². The number of carbonyl (C=O) groups is 2. The number of rotatable bonds is 6. The molecule has 28 heavy (non-hydrogen) atoms. The Morgan fingerprint density at radius 2 is 1.61 bits per heavy atom. The molecule has 2 aromatic carbocycles. The van der Waals surface area contributed by atoms with Gasteiger partial charge in [0.25, 0.3) is 0 Å². The Labute approximate surface area is 169 Å². The fourth-order valence-corrected chi connectivity index (χ4v) is 3.01. The minimum Gasteiger partial charge on any atom is -0.350 e. The van der Waals surface area contributed by atoms with Gasteiger partial charge in [0.15, 0.2) is 0 Å². The van der Waals surface area contributed by atoms with Gasteiger partial charge in [-0.3, -0.25) is 9.59 Å². The number of aryl methyl sites for hydroxylation is 2. The van der Waals surface area contributed by atoms with Gasteiger partial charge in [0.1, 0.15) is 6.04 Å². The Bertz CT molecular complexity index is 819. The van der Waals surface area contributed by atoms with Gasteiger partial charge in [-0.1, -0.05) is 54.1 Å². The van der Waals surface area contributed by atoms with Crippen molar-refractivity contribution < 1.29 is 9.59 Å². The van der Waals surface area contributed by atoms with Gasteiger partial charge in [-0.25, -0.2) is 0 Å². The molecule has 0 saturated heterocycles. The third-order valence-electron chi connectivity index (χ3n) is 4.74. The molecule has 0 fully saturated rings. The number of amides is 2. The quantitative estimate of drug-likeness (QED) is 0.817. The van der Waals surface area contributed by atoms with Crippen LogP contribution in [0.25, 0.3) is 0 Å². The maximum Gasteiger partial charge on any atom is 0.242 e. The predicted molar refractivity (Wildman–Crippen MR) is 114 cm³/mol. The molecule has 1 atom stereocenters. The van der Waals surface area contributed by atoms with Crippen LogP contribution in [0.1, 0.15) is 49.9 Å². The molecule has 1 unspecified atom stereocenters. The van der Waals surface area contributed by atoms with E-state index in [-0.39, 0.29) is 23.8 Å². The van der Waals surface area contributed by atoms with E-state index in [9.17, 15) is 9.59 Å². The van der Waals surface area contributed by atoms with Gasteiger partial charge in [-0.05, 0) is 58.2 Å². The summed E-state index contributed by atoms with van der Waals surface area (Å²) in [4.78, 5) is 27.6. The van der Waals surface area contributed by atoms with Crippen LogP contribution in [0, 0.1) is 13.8 Å². The number of hydrogen-bond donors (Lipinski definition) is 1. The zero-order valence-electron chi connectivity index (χ0n) is 17.9. The van der Waals surface area contributed by atoms with E-state index in [2.05, 4.69) is 5.32 Å². The summed E-state index contributed by atoms with van der Waals surface area (Å²) in [6.45, 7) is 12.1. The first-order chi connectivity index (χ1) is 13.1. The molecule has 2 rings (SSSR count). The van der Waals surface area contributed by atoms with E-state index < -0.39 is 6.04 Å². The molecule has 0 aliphatic carbocycles. The van der Waals surface area contributed by atoms with Crippen LogP contribution in [0.2, 0.25) is 0 Å². The molecule has 0 aliphatic heterocycles. The van der Waals surface area contributed by atoms with Gasteiger partial charge < -0.3 is 10.2 Å². The van der Waals surface area contributed by atoms with Gasteiger partial charge in [0.05, 0.1) is 6.42 Å². The molecule has 0 aliphatic rings. The largest absolute Gasteiger partial charge is 0.350 e. The van der Waals surface area contributed by atoms with Crippen molar-refractivity contribution in [2.24, 2.45) is 0 Å². The molecule has 4 nitrogen and oxygen atoms in total. The van der Waals surface area contributed by atoms with E-state index >= 15 is 0 Å². The summed E-state index contributed by atoms with van der Waals surface area (Å²) in [6.07, 6.45) is 0.277. The maximum absolute atomic E-state index is 13.2. The van der Waals surface area contributed by atoms with Crippen molar-refractivity contribution >= 4 is 11.8 Å². The average molecular weight is 381 g/mol. The Hall–Kier alpha value is -2.62. The summed E-state index contributed by atoms with van der Waals surface area (Å²) in [5, 5.41) is 2.99. The third kappa shape index (κ3) is 6.22. The second-order valence-electron chi connectivity index (χ2n) is 8.53. The first-order valence-corrected chi connectivity index (χ1v) is 9.78. The monoisotopic (exact) mass is 380 g/mol. The summed E-state index contributed by atoms with van der Waals surface area (Å²) in [7, 11) is 0. The molecule has 0 spiro atoms. The number of nitrogens with one attached hydrogen (secondary N) is 1. The lowest BCUT2D eigenvalue weighted by Gasteiger charge is -2.32. The second-order valence-corrected chi connectivity index (χ2v) is 8.53. The van der Waals surface area contributed by atoms with Crippen LogP contribution in [0.3, 0.4) is 0 Å². The lowest BCUT2D eigenvalue weighted by molar-refractivity contribution is -0.140. The minimum absolute atomic E-state index is 0.0522. The van der Waals surface area contributed by atoms with Crippen molar-refractivity contribution in [1.82, 2.24) is 10.2 Å². The highest BCUT2D eigenvalue weighted by Gasteiger charge is 2.28. The summed E-state index contributed by atoms with van der Waals surface area (Å²) < 4.78 is 0. The van der Waals surface area contributed by atoms with Gasteiger partial charge in [0.2, 0.25) is 11.8 Å². The highest BCUT2D eigenvalue weighted by atomic mass is 16.2. The van der Waals surface area contributed by atoms with Crippen molar-refractivity contribution in [2.75, 3.05) is 0 Å². The average Bonchev–Trinajstić information content (AvgIpc) is 2.61. The van der Waals surface area contributed by atoms with Crippen LogP contribution in [-0.4, -0.2) is 28.3 Å². The smallest absolute Gasteiger partial charge is 0.242 e. The topological polar surface area (TPSA) is 49.4 Å². The van der Waals surface area contributed by atoms with E-state index in [0.29, 0.717) is 6.54 Å². The number of hydrogen-bond acceptors (Lipinski definition) is 2. The molecule has 0 bridgehead atoms. The van der Waals surface area contributed by atoms with Crippen LogP contribution >= 0.6 is 0 Å². The Morgan fingerprint density at radius 3 is 2.18 bits per heavy atom. The molecule has 150 valence electrons. The van der Waals surface area contributed by atoms with Crippen LogP contribution < -0.4 is 5.32 Å². The maximum atomic E-state index is 13.2. The van der Waals surface area contributed by atoms with Crippen molar-refractivity contribution in [1.29, 1.82) is 0 Å². The van der Waals surface area contributed by atoms with E-state index in [1.807, 2.05) is 83.1 Å². The first-order valence-electron chi connectivity index (χ1n) is 9.78. The summed E-state index contributed by atoms with van der Waals surface area (Å²) >= 11 is 0. The van der Waals surface area contributed by atoms with Crippen LogP contribution in [-0.2, 0) is 22.6 Å². The Kier molecular flexibility index (Phi) is 7.00. The van der Waals surface area contributed by atoms with Gasteiger partial charge in [0, 0.05) is 12.1 Å². The van der Waals surface area contributed by atoms with Crippen molar-refractivity contribution in [3.05, 3.63) is 70.8 Å². The minimum atomic E-state index is -0.559. The fourth-order valence-electron chi connectivity index (χ4n) is 3.01. The van der Waals surface area contributed by atoms with Crippen LogP contribution in [0.15, 0.2) is 48.5 Å². The molecular formula is C24H32N2O2. The number of nitrogens with zero attached hydrogens (tertiary/aromatic N) is 1. The Balaban J connectivity index is 2.26. The second kappa shape index (κ2) is 9.05. The molecular weight excluding hydrogens is 348 g/mol. The van der Waals surface area contributed by atoms with E-state index in [1.165, 1.54) is 0 Å². The van der Waals surface area contributed by atoms with Crippen LogP contribution in [0.5, 0.6) is 0 Å². The van der Waals surface area contributed by atoms with Crippen molar-refractivity contribution in [3.8, 4) is 0 Å². The molecule has 4 heteroatoms. The molecule has 2 aromatic rings. The van der Waals surface area contributed by atoms with Crippen LogP contribution in [0.4, 0.5) is 0 Å². The lowest BCUT2D eigenvalue weighted by Crippen LogP contribution is -2.52. The van der Waals surface area contributed by atoms with Crippen molar-refractivity contribution in [3.63, 3.8) is 0 Å². The Morgan fingerprint density at radius 1 is 1.00 bits per heavy atom. The fraction of sp³-hybridized carbons (Fsp3) is 0.417. The predicted octanol–water partition coefficient (Wildman–Crippen LogP) is 4.18. The van der Waals surface area contributed by atoms with Gasteiger partial charge >= 0.3 is 0 Å². The highest BCUT2D eigenvalue weighted by Crippen LogP contribution is 2.16. The standard InChI is InChI=1S/C24H32N2O2/c1-17-11-13-20(14-12-17)15-22(27)26(16-21-10-8-7-9-18(21)2)19(3)23(28)25-24(4,5)6/h7-14,19H,15-16H2,1-6H3,(H,25,28). The van der Waals surface area contributed by atoms with Crippen molar-refractivity contribution in [2.45, 2.75) is 66.1 Å². The normalized spacial score (nSPS) is 12.4. The van der Waals surface area contributed by atoms with Gasteiger partial charge in [-0.2, -0.15) is 0 Å². The molecule has 0 heterocycles. The van der Waals surface area contributed by atoms with E-state index in [4.69, 9.17) is 0 Å². The molecule has 0 saturated carbocycles. The van der Waals surface area contributed by atoms with E-state index in [1.54, 1.807) is 11.8 Å². The number of carbonyl (C=O) groups excluding carboxylic acids is 2. The summed E-state index contributed by atoms with van der Waals surface area (Å²) in [6, 6.07) is 15.4. The van der Waals surface area contributed by atoms with Gasteiger partial charge in [-0.15, -0.1) is 0 Å². The summed E-state index contributed by atoms with van der Waals surface area (Å²) in [5.74, 6) is -0.193. The summed E-state index contributed by atoms with van der Waals surface area (Å²) in [5.41, 5.74) is 3.92. The lowest BCUT2D eigenvalue weighted by atomic mass is 10.0. The number of benzene rings is 2. The SMILES string of the molecule is Cc1ccc(CC(=O)N(Cc2ccccc2C)C(C)C(=O)NC(C)(C)C)cc1.